The SMILES string of the molecule is COc1ccc(CCNC(=O)/C(C#N)=C2\S[C@H](Cc3ccc(Br)cc3)C(=O)N2c2ccccc2)cc1OC. The van der Waals surface area contributed by atoms with Crippen LogP contribution in [0.2, 0.25) is 0 Å². The second-order valence-corrected chi connectivity index (χ2v) is 10.5. The molecule has 0 radical (unpaired) electrons. The molecule has 0 saturated carbocycles. The van der Waals surface area contributed by atoms with Crippen LogP contribution in [0.25, 0.3) is 0 Å². The Balaban J connectivity index is 1.55. The van der Waals surface area contributed by atoms with Gasteiger partial charge in [-0.3, -0.25) is 14.5 Å². The summed E-state index contributed by atoms with van der Waals surface area (Å²) in [7, 11) is 3.14. The van der Waals surface area contributed by atoms with Gasteiger partial charge in [-0.25, -0.2) is 0 Å². The van der Waals surface area contributed by atoms with Crippen LogP contribution in [-0.2, 0) is 22.4 Å². The molecule has 0 bridgehead atoms. The van der Waals surface area contributed by atoms with Crippen LogP contribution >= 0.6 is 27.7 Å². The number of para-hydroxylation sites is 1. The number of carbonyl (C=O) groups excluding carboxylic acids is 2. The second kappa shape index (κ2) is 12.7. The van der Waals surface area contributed by atoms with Crippen LogP contribution < -0.4 is 19.7 Å². The molecule has 1 atom stereocenters. The first-order chi connectivity index (χ1) is 18.4. The number of ether oxygens (including phenoxy) is 2. The first kappa shape index (κ1) is 27.3. The molecule has 194 valence electrons. The quantitative estimate of drug-likeness (QED) is 0.270. The van der Waals surface area contributed by atoms with Crippen LogP contribution in [0.5, 0.6) is 11.5 Å². The molecule has 4 rings (SSSR count). The van der Waals surface area contributed by atoms with Gasteiger partial charge in [-0.15, -0.1) is 0 Å². The Bertz CT molecular complexity index is 1390. The van der Waals surface area contributed by atoms with Gasteiger partial charge in [0.25, 0.3) is 5.91 Å². The van der Waals surface area contributed by atoms with E-state index >= 15 is 0 Å². The fourth-order valence-electron chi connectivity index (χ4n) is 4.08. The Hall–Kier alpha value is -3.74. The minimum absolute atomic E-state index is 0.0854. The minimum Gasteiger partial charge on any atom is -0.493 e. The van der Waals surface area contributed by atoms with Gasteiger partial charge in [-0.05, 0) is 60.4 Å². The molecule has 1 heterocycles. The van der Waals surface area contributed by atoms with E-state index in [-0.39, 0.29) is 11.5 Å². The molecule has 1 saturated heterocycles. The third-order valence-electron chi connectivity index (χ3n) is 6.00. The van der Waals surface area contributed by atoms with Gasteiger partial charge >= 0.3 is 0 Å². The van der Waals surface area contributed by atoms with Gasteiger partial charge < -0.3 is 14.8 Å². The standard InChI is InChI=1S/C29H26BrN3O4S/c1-36-24-13-10-20(16-25(24)37-2)14-15-32-27(34)23(18-31)29-33(22-6-4-3-5-7-22)28(35)26(38-29)17-19-8-11-21(30)12-9-19/h3-13,16,26H,14-15,17H2,1-2H3,(H,32,34)/b29-23-/t26-/m1/s1. The number of methoxy groups -OCH3 is 2. The first-order valence-corrected chi connectivity index (χ1v) is 13.6. The second-order valence-electron chi connectivity index (χ2n) is 8.43. The van der Waals surface area contributed by atoms with Crippen LogP contribution in [0.15, 0.2) is 87.9 Å². The molecule has 9 heteroatoms. The summed E-state index contributed by atoms with van der Waals surface area (Å²) in [4.78, 5) is 28.2. The van der Waals surface area contributed by atoms with E-state index in [1.54, 1.807) is 26.4 Å². The van der Waals surface area contributed by atoms with Crippen LogP contribution in [0, 0.1) is 11.3 Å². The van der Waals surface area contributed by atoms with Gasteiger partial charge in [0.2, 0.25) is 5.91 Å². The van der Waals surface area contributed by atoms with E-state index in [0.29, 0.717) is 41.6 Å². The normalized spacial score (nSPS) is 16.1. The molecular weight excluding hydrogens is 566 g/mol. The number of thioether (sulfide) groups is 1. The van der Waals surface area contributed by atoms with E-state index < -0.39 is 11.2 Å². The summed E-state index contributed by atoms with van der Waals surface area (Å²) < 4.78 is 11.6. The molecule has 3 aromatic rings. The number of nitrogens with one attached hydrogen (secondary N) is 1. The van der Waals surface area contributed by atoms with E-state index in [4.69, 9.17) is 9.47 Å². The average molecular weight is 593 g/mol. The summed E-state index contributed by atoms with van der Waals surface area (Å²) in [5.74, 6) is 0.546. The van der Waals surface area contributed by atoms with Gasteiger partial charge in [-0.2, -0.15) is 5.26 Å². The van der Waals surface area contributed by atoms with Crippen molar-refractivity contribution in [3.05, 3.63) is 99.0 Å². The lowest BCUT2D eigenvalue weighted by Crippen LogP contribution is -2.32. The number of benzene rings is 3. The van der Waals surface area contributed by atoms with Crippen molar-refractivity contribution in [1.82, 2.24) is 5.32 Å². The van der Waals surface area contributed by atoms with Gasteiger partial charge in [-0.1, -0.05) is 64.1 Å². The van der Waals surface area contributed by atoms with Crippen LogP contribution in [0.4, 0.5) is 5.69 Å². The van der Waals surface area contributed by atoms with E-state index in [9.17, 15) is 14.9 Å². The Morgan fingerprint density at radius 1 is 1.03 bits per heavy atom. The Kier molecular flexibility index (Phi) is 9.10. The molecule has 3 aromatic carbocycles. The van der Waals surface area contributed by atoms with Crippen molar-refractivity contribution >= 4 is 45.2 Å². The van der Waals surface area contributed by atoms with E-state index in [1.807, 2.05) is 66.7 Å². The summed E-state index contributed by atoms with van der Waals surface area (Å²) in [6.45, 7) is 0.305. The molecule has 1 N–H and O–H groups in total. The number of hydrogen-bond acceptors (Lipinski definition) is 6. The van der Waals surface area contributed by atoms with Crippen molar-refractivity contribution < 1.29 is 19.1 Å². The highest BCUT2D eigenvalue weighted by Crippen LogP contribution is 2.42. The zero-order valence-corrected chi connectivity index (χ0v) is 23.3. The van der Waals surface area contributed by atoms with E-state index in [1.165, 1.54) is 16.7 Å². The van der Waals surface area contributed by atoms with Gasteiger partial charge in [0.05, 0.1) is 19.5 Å². The maximum Gasteiger partial charge on any atom is 0.264 e. The zero-order valence-electron chi connectivity index (χ0n) is 20.9. The number of carbonyl (C=O) groups is 2. The van der Waals surface area contributed by atoms with Crippen molar-refractivity contribution in [3.8, 4) is 17.6 Å². The number of nitrogens with zero attached hydrogens (tertiary/aromatic N) is 2. The van der Waals surface area contributed by atoms with Crippen molar-refractivity contribution in [2.45, 2.75) is 18.1 Å². The monoisotopic (exact) mass is 591 g/mol. The van der Waals surface area contributed by atoms with E-state index in [0.717, 1.165) is 15.6 Å². The predicted octanol–water partition coefficient (Wildman–Crippen LogP) is 5.25. The molecule has 38 heavy (non-hydrogen) atoms. The number of hydrogen-bond donors (Lipinski definition) is 1. The van der Waals surface area contributed by atoms with Crippen LogP contribution in [-0.4, -0.2) is 37.8 Å². The summed E-state index contributed by atoms with van der Waals surface area (Å²) in [5, 5.41) is 12.7. The van der Waals surface area contributed by atoms with Crippen molar-refractivity contribution in [2.24, 2.45) is 0 Å². The topological polar surface area (TPSA) is 91.7 Å². The third kappa shape index (κ3) is 6.21. The van der Waals surface area contributed by atoms with Gasteiger partial charge in [0, 0.05) is 16.7 Å². The summed E-state index contributed by atoms with van der Waals surface area (Å²) >= 11 is 4.68. The van der Waals surface area contributed by atoms with Gasteiger partial charge in [0.15, 0.2) is 11.5 Å². The molecule has 1 aliphatic heterocycles. The van der Waals surface area contributed by atoms with Crippen molar-refractivity contribution in [3.63, 3.8) is 0 Å². The molecule has 1 aliphatic rings. The molecule has 1 fully saturated rings. The molecule has 7 nitrogen and oxygen atoms in total. The maximum absolute atomic E-state index is 13.5. The smallest absolute Gasteiger partial charge is 0.264 e. The Morgan fingerprint density at radius 2 is 1.71 bits per heavy atom. The lowest BCUT2D eigenvalue weighted by atomic mass is 10.1. The largest absolute Gasteiger partial charge is 0.493 e. The zero-order chi connectivity index (χ0) is 27.1. The number of halogens is 1. The summed E-state index contributed by atoms with van der Waals surface area (Å²) in [5.41, 5.74) is 2.47. The number of nitriles is 1. The average Bonchev–Trinajstić information content (AvgIpc) is 3.25. The molecule has 0 aliphatic carbocycles. The van der Waals surface area contributed by atoms with Crippen LogP contribution in [0.3, 0.4) is 0 Å². The fraction of sp³-hybridized carbons (Fsp3) is 0.207. The van der Waals surface area contributed by atoms with Crippen molar-refractivity contribution in [1.29, 1.82) is 5.26 Å². The molecule has 0 spiro atoms. The number of amides is 2. The first-order valence-electron chi connectivity index (χ1n) is 11.9. The maximum atomic E-state index is 13.5. The van der Waals surface area contributed by atoms with Gasteiger partial charge in [0.1, 0.15) is 16.7 Å². The predicted molar refractivity (Wildman–Crippen MR) is 152 cm³/mol. The molecule has 0 unspecified atom stereocenters. The third-order valence-corrected chi connectivity index (χ3v) is 7.79. The highest BCUT2D eigenvalue weighted by atomic mass is 79.9. The van der Waals surface area contributed by atoms with Crippen molar-refractivity contribution in [2.75, 3.05) is 25.7 Å². The number of rotatable bonds is 9. The lowest BCUT2D eigenvalue weighted by Gasteiger charge is -2.18. The highest BCUT2D eigenvalue weighted by Gasteiger charge is 2.40. The van der Waals surface area contributed by atoms with Crippen LogP contribution in [0.1, 0.15) is 11.1 Å². The Labute approximate surface area is 234 Å². The summed E-state index contributed by atoms with van der Waals surface area (Å²) in [6.07, 6.45) is 1.00. The summed E-state index contributed by atoms with van der Waals surface area (Å²) in [6, 6.07) is 24.5. The highest BCUT2D eigenvalue weighted by molar-refractivity contribution is 9.10. The molecular formula is C29H26BrN3O4S. The van der Waals surface area contributed by atoms with E-state index in [2.05, 4.69) is 21.2 Å². The molecule has 0 aromatic heterocycles. The fourth-order valence-corrected chi connectivity index (χ4v) is 5.65. The molecule has 2 amide bonds. The number of anilines is 1. The lowest BCUT2D eigenvalue weighted by molar-refractivity contribution is -0.117. The minimum atomic E-state index is -0.520. The Morgan fingerprint density at radius 3 is 2.37 bits per heavy atom.